The van der Waals surface area contributed by atoms with Crippen molar-refractivity contribution in [2.24, 2.45) is 4.99 Å². The number of esters is 1. The van der Waals surface area contributed by atoms with Crippen LogP contribution in [0.5, 0.6) is 0 Å². The van der Waals surface area contributed by atoms with Crippen LogP contribution in [0.4, 0.5) is 5.69 Å². The zero-order valence-electron chi connectivity index (χ0n) is 20.9. The molecule has 0 atom stereocenters. The molecule has 2 aromatic carbocycles. The Morgan fingerprint density at radius 2 is 1.92 bits per heavy atom. The molecule has 0 spiro atoms. The molecule has 2 heterocycles. The van der Waals surface area contributed by atoms with Gasteiger partial charge in [0.05, 0.1) is 17.2 Å². The average Bonchev–Trinajstić information content (AvgIpc) is 3.60. The highest BCUT2D eigenvalue weighted by Gasteiger charge is 2.33. The molecule has 1 fully saturated rings. The fourth-order valence-corrected chi connectivity index (χ4v) is 5.94. The molecule has 1 aliphatic heterocycles. The van der Waals surface area contributed by atoms with Crippen molar-refractivity contribution < 1.29 is 19.4 Å². The van der Waals surface area contributed by atoms with E-state index in [9.17, 15) is 14.7 Å². The number of carbonyl (C=O) groups excluding carboxylic acids is 2. The number of fused-ring (bicyclic) bond motifs is 1. The first-order chi connectivity index (χ1) is 18.4. The van der Waals surface area contributed by atoms with E-state index in [0.29, 0.717) is 20.7 Å². The zero-order chi connectivity index (χ0) is 26.6. The lowest BCUT2D eigenvalue weighted by molar-refractivity contribution is -0.138. The van der Waals surface area contributed by atoms with E-state index in [1.807, 2.05) is 41.1 Å². The third-order valence-corrected chi connectivity index (χ3v) is 7.84. The molecule has 1 amide bonds. The molecule has 7 nitrogen and oxygen atoms in total. The second-order valence-corrected chi connectivity index (χ2v) is 10.7. The predicted octanol–water partition coefficient (Wildman–Crippen LogP) is 6.55. The van der Waals surface area contributed by atoms with Crippen molar-refractivity contribution in [1.82, 2.24) is 9.88 Å². The first kappa shape index (κ1) is 26.1. The summed E-state index contributed by atoms with van der Waals surface area (Å²) in [6.45, 7) is 2.08. The fraction of sp³-hybridized carbons (Fsp3) is 0.276. The summed E-state index contributed by atoms with van der Waals surface area (Å²) in [5.41, 5.74) is 2.35. The summed E-state index contributed by atoms with van der Waals surface area (Å²) in [7, 11) is 0. The number of carbonyl (C=O) groups is 2. The van der Waals surface area contributed by atoms with E-state index in [2.05, 4.69) is 10.3 Å². The normalized spacial score (nSPS) is 18.2. The second-order valence-electron chi connectivity index (χ2n) is 9.23. The summed E-state index contributed by atoms with van der Waals surface area (Å²) in [5.74, 6) is -0.839. The Morgan fingerprint density at radius 1 is 1.18 bits per heavy atom. The van der Waals surface area contributed by atoms with Crippen molar-refractivity contribution in [2.75, 3.05) is 6.61 Å². The van der Waals surface area contributed by atoms with Crippen LogP contribution in [0.25, 0.3) is 17.0 Å². The van der Waals surface area contributed by atoms with E-state index in [0.717, 1.165) is 42.1 Å². The van der Waals surface area contributed by atoms with Crippen LogP contribution in [0.15, 0.2) is 76.0 Å². The van der Waals surface area contributed by atoms with Crippen molar-refractivity contribution in [3.8, 4) is 0 Å². The largest absolute Gasteiger partial charge is 0.506 e. The number of ether oxygens (including phenoxy) is 1. The lowest BCUT2D eigenvalue weighted by Gasteiger charge is -2.12. The topological polar surface area (TPSA) is 92.9 Å². The molecule has 0 saturated heterocycles. The van der Waals surface area contributed by atoms with Crippen molar-refractivity contribution in [3.63, 3.8) is 0 Å². The van der Waals surface area contributed by atoms with Gasteiger partial charge in [-0.2, -0.15) is 0 Å². The zero-order valence-corrected chi connectivity index (χ0v) is 22.5. The van der Waals surface area contributed by atoms with Crippen molar-refractivity contribution in [1.29, 1.82) is 0 Å². The summed E-state index contributed by atoms with van der Waals surface area (Å²) in [4.78, 5) is 30.6. The van der Waals surface area contributed by atoms with E-state index in [4.69, 9.17) is 16.3 Å². The minimum absolute atomic E-state index is 0.0168. The summed E-state index contributed by atoms with van der Waals surface area (Å²) in [6.07, 6.45) is 8.08. The Labute approximate surface area is 230 Å². The number of aromatic nitrogens is 1. The second kappa shape index (κ2) is 11.5. The number of halogens is 1. The van der Waals surface area contributed by atoms with Crippen LogP contribution in [-0.2, 0) is 20.9 Å². The van der Waals surface area contributed by atoms with E-state index in [-0.39, 0.29) is 36.4 Å². The quantitative estimate of drug-likeness (QED) is 0.326. The van der Waals surface area contributed by atoms with Crippen LogP contribution < -0.4 is 5.32 Å². The van der Waals surface area contributed by atoms with Crippen LogP contribution in [0.1, 0.15) is 38.2 Å². The van der Waals surface area contributed by atoms with Gasteiger partial charge in [0.2, 0.25) is 5.91 Å². The standard InChI is InChI=1S/C29H28ClN3O4S/c1-2-37-29(36)26-27(35)24(38-28(26)32-21-13-11-19(30)12-14-21)15-18-16-33(23-10-6-5-9-22(18)23)17-25(34)31-20-7-3-4-8-20/h5-6,9-16,20,35H,2-4,7-8,17H2,1H3,(H,31,34)/b24-15-,32-28?. The van der Waals surface area contributed by atoms with Crippen LogP contribution in [0.2, 0.25) is 5.02 Å². The van der Waals surface area contributed by atoms with Crippen molar-refractivity contribution in [2.45, 2.75) is 45.2 Å². The highest BCUT2D eigenvalue weighted by atomic mass is 35.5. The van der Waals surface area contributed by atoms with E-state index in [1.54, 1.807) is 31.2 Å². The maximum Gasteiger partial charge on any atom is 0.344 e. The number of rotatable bonds is 7. The maximum atomic E-state index is 12.8. The monoisotopic (exact) mass is 549 g/mol. The van der Waals surface area contributed by atoms with Crippen LogP contribution in [-0.4, -0.2) is 39.2 Å². The van der Waals surface area contributed by atoms with Gasteiger partial charge < -0.3 is 19.7 Å². The molecule has 38 heavy (non-hydrogen) atoms. The Balaban J connectivity index is 1.49. The number of benzene rings is 2. The molecule has 0 bridgehead atoms. The highest BCUT2D eigenvalue weighted by molar-refractivity contribution is 8.18. The Morgan fingerprint density at radius 3 is 2.66 bits per heavy atom. The Kier molecular flexibility index (Phi) is 7.90. The minimum Gasteiger partial charge on any atom is -0.506 e. The summed E-state index contributed by atoms with van der Waals surface area (Å²) >= 11 is 7.19. The smallest absolute Gasteiger partial charge is 0.344 e. The molecule has 9 heteroatoms. The van der Waals surface area contributed by atoms with Gasteiger partial charge in [0.15, 0.2) is 0 Å². The number of nitrogens with zero attached hydrogens (tertiary/aromatic N) is 2. The van der Waals surface area contributed by atoms with Gasteiger partial charge in [-0.05, 0) is 56.2 Å². The van der Waals surface area contributed by atoms with E-state index >= 15 is 0 Å². The molecule has 2 aliphatic rings. The fourth-order valence-electron chi connectivity index (χ4n) is 4.79. The third kappa shape index (κ3) is 5.66. The van der Waals surface area contributed by atoms with Gasteiger partial charge >= 0.3 is 5.97 Å². The molecule has 1 aliphatic carbocycles. The summed E-state index contributed by atoms with van der Waals surface area (Å²) in [6, 6.07) is 15.0. The molecule has 1 aromatic heterocycles. The van der Waals surface area contributed by atoms with Crippen molar-refractivity contribution >= 4 is 62.9 Å². The van der Waals surface area contributed by atoms with Crippen LogP contribution >= 0.6 is 23.4 Å². The summed E-state index contributed by atoms with van der Waals surface area (Å²) < 4.78 is 7.12. The molecule has 3 aromatic rings. The molecular weight excluding hydrogens is 522 g/mol. The number of aliphatic hydroxyl groups is 1. The lowest BCUT2D eigenvalue weighted by Crippen LogP contribution is -2.35. The lowest BCUT2D eigenvalue weighted by atomic mass is 10.1. The minimum atomic E-state index is -0.639. The van der Waals surface area contributed by atoms with Crippen molar-refractivity contribution in [3.05, 3.63) is 81.6 Å². The number of amides is 1. The van der Waals surface area contributed by atoms with Gasteiger partial charge in [-0.3, -0.25) is 4.79 Å². The molecule has 5 rings (SSSR count). The molecule has 2 N–H and O–H groups in total. The highest BCUT2D eigenvalue weighted by Crippen LogP contribution is 2.41. The van der Waals surface area contributed by atoms with Crippen LogP contribution in [0.3, 0.4) is 0 Å². The molecule has 0 unspecified atom stereocenters. The number of para-hydroxylation sites is 1. The molecule has 0 radical (unpaired) electrons. The Hall–Kier alpha value is -3.49. The van der Waals surface area contributed by atoms with Gasteiger partial charge in [0, 0.05) is 33.7 Å². The average molecular weight is 550 g/mol. The van der Waals surface area contributed by atoms with Gasteiger partial charge in [0.25, 0.3) is 0 Å². The number of hydrogen-bond donors (Lipinski definition) is 2. The number of aliphatic imine (C=N–C) groups is 1. The number of aliphatic hydroxyl groups excluding tert-OH is 1. The maximum absolute atomic E-state index is 12.8. The number of hydrogen-bond acceptors (Lipinski definition) is 6. The molecule has 1 saturated carbocycles. The van der Waals surface area contributed by atoms with Gasteiger partial charge in [0.1, 0.15) is 22.9 Å². The SMILES string of the molecule is CCOC(=O)C1=C(O)/C(=C/c2cn(CC(=O)NC3CCCC3)c3ccccc23)SC1=Nc1ccc(Cl)cc1. The third-order valence-electron chi connectivity index (χ3n) is 6.57. The van der Waals surface area contributed by atoms with Gasteiger partial charge in [-0.15, -0.1) is 0 Å². The molecular formula is C29H28ClN3O4S. The summed E-state index contributed by atoms with van der Waals surface area (Å²) in [5, 5.41) is 16.1. The number of thioether (sulfide) groups is 1. The molecule has 196 valence electrons. The van der Waals surface area contributed by atoms with Crippen LogP contribution in [0, 0.1) is 0 Å². The first-order valence-electron chi connectivity index (χ1n) is 12.6. The van der Waals surface area contributed by atoms with Gasteiger partial charge in [-0.1, -0.05) is 54.4 Å². The first-order valence-corrected chi connectivity index (χ1v) is 13.8. The predicted molar refractivity (Wildman–Crippen MR) is 153 cm³/mol. The van der Waals surface area contributed by atoms with Gasteiger partial charge in [-0.25, -0.2) is 9.79 Å². The Bertz CT molecular complexity index is 1470. The van der Waals surface area contributed by atoms with E-state index < -0.39 is 5.97 Å². The number of nitrogens with one attached hydrogen (secondary N) is 1. The van der Waals surface area contributed by atoms with E-state index in [1.165, 1.54) is 11.8 Å².